The highest BCUT2D eigenvalue weighted by molar-refractivity contribution is 5.61. The lowest BCUT2D eigenvalue weighted by molar-refractivity contribution is 0.387. The molecule has 0 spiro atoms. The molecule has 27 heavy (non-hydrogen) atoms. The molecule has 1 atom stereocenters. The summed E-state index contributed by atoms with van der Waals surface area (Å²) in [7, 11) is 3.31. The fourth-order valence-corrected chi connectivity index (χ4v) is 3.60. The normalized spacial score (nSPS) is 15.3. The Morgan fingerprint density at radius 1 is 1.11 bits per heavy atom. The van der Waals surface area contributed by atoms with Gasteiger partial charge in [0.1, 0.15) is 5.82 Å². The lowest BCUT2D eigenvalue weighted by Gasteiger charge is -2.15. The van der Waals surface area contributed by atoms with Gasteiger partial charge in [-0.3, -0.25) is 0 Å². The quantitative estimate of drug-likeness (QED) is 0.699. The monoisotopic (exact) mass is 364 g/mol. The van der Waals surface area contributed by atoms with Crippen molar-refractivity contribution in [2.45, 2.75) is 18.8 Å². The van der Waals surface area contributed by atoms with Gasteiger partial charge in [-0.05, 0) is 30.5 Å². The van der Waals surface area contributed by atoms with Crippen LogP contribution in [0.5, 0.6) is 5.75 Å². The van der Waals surface area contributed by atoms with Crippen LogP contribution in [-0.4, -0.2) is 24.1 Å². The van der Waals surface area contributed by atoms with E-state index in [4.69, 9.17) is 9.72 Å². The van der Waals surface area contributed by atoms with Gasteiger partial charge in [0.2, 0.25) is 5.95 Å². The molecule has 1 heterocycles. The van der Waals surface area contributed by atoms with Crippen molar-refractivity contribution in [2.75, 3.05) is 24.8 Å². The van der Waals surface area contributed by atoms with Gasteiger partial charge in [-0.15, -0.1) is 0 Å². The van der Waals surface area contributed by atoms with Crippen LogP contribution in [-0.2, 0) is 6.42 Å². The number of halogens is 1. The van der Waals surface area contributed by atoms with E-state index < -0.39 is 5.82 Å². The number of methoxy groups -OCH3 is 1. The number of anilines is 3. The lowest BCUT2D eigenvalue weighted by Crippen LogP contribution is -2.08. The number of nitrogens with zero attached hydrogens (tertiary/aromatic N) is 2. The number of benzene rings is 2. The van der Waals surface area contributed by atoms with Gasteiger partial charge in [0.15, 0.2) is 11.6 Å². The Balaban J connectivity index is 1.71. The Labute approximate surface area is 157 Å². The van der Waals surface area contributed by atoms with Gasteiger partial charge in [0.25, 0.3) is 0 Å². The van der Waals surface area contributed by atoms with Crippen LogP contribution in [0.4, 0.5) is 21.8 Å². The Bertz CT molecular complexity index is 962. The maximum atomic E-state index is 13.7. The average molecular weight is 364 g/mol. The molecule has 3 aromatic rings. The Morgan fingerprint density at radius 3 is 2.67 bits per heavy atom. The molecule has 0 fully saturated rings. The first-order chi connectivity index (χ1) is 13.2. The molecule has 138 valence electrons. The van der Waals surface area contributed by atoms with E-state index in [1.54, 1.807) is 12.1 Å². The predicted molar refractivity (Wildman–Crippen MR) is 104 cm³/mol. The summed E-state index contributed by atoms with van der Waals surface area (Å²) in [6.45, 7) is 0. The SMILES string of the molecule is CNc1nc(Nc2ccc(F)c(OC)c2)nc2c1CCC2c1ccccc1. The van der Waals surface area contributed by atoms with E-state index >= 15 is 0 Å². The number of hydrogen-bond acceptors (Lipinski definition) is 5. The highest BCUT2D eigenvalue weighted by atomic mass is 19.1. The molecule has 5 nitrogen and oxygen atoms in total. The maximum Gasteiger partial charge on any atom is 0.229 e. The summed E-state index contributed by atoms with van der Waals surface area (Å²) in [5.74, 6) is 1.33. The van der Waals surface area contributed by atoms with Gasteiger partial charge in [-0.25, -0.2) is 9.37 Å². The van der Waals surface area contributed by atoms with Crippen LogP contribution in [0.15, 0.2) is 48.5 Å². The van der Waals surface area contributed by atoms with Crippen molar-refractivity contribution in [2.24, 2.45) is 0 Å². The molecule has 0 saturated carbocycles. The van der Waals surface area contributed by atoms with E-state index in [9.17, 15) is 4.39 Å². The summed E-state index contributed by atoms with van der Waals surface area (Å²) in [5, 5.41) is 6.35. The van der Waals surface area contributed by atoms with Gasteiger partial charge in [0.05, 0.1) is 12.8 Å². The van der Waals surface area contributed by atoms with Crippen LogP contribution in [0.1, 0.15) is 29.2 Å². The largest absolute Gasteiger partial charge is 0.494 e. The van der Waals surface area contributed by atoms with Gasteiger partial charge >= 0.3 is 0 Å². The highest BCUT2D eigenvalue weighted by Gasteiger charge is 2.29. The standard InChI is InChI=1S/C21H21FN4O/c1-23-20-16-10-9-15(13-6-4-3-5-7-13)19(16)25-21(26-20)24-14-8-11-17(22)18(12-14)27-2/h3-8,11-12,15H,9-10H2,1-2H3,(H2,23,24,25,26). The van der Waals surface area contributed by atoms with E-state index in [-0.39, 0.29) is 11.7 Å². The molecule has 0 saturated heterocycles. The zero-order valence-electron chi connectivity index (χ0n) is 15.3. The van der Waals surface area contributed by atoms with Gasteiger partial charge < -0.3 is 15.4 Å². The molecule has 1 aromatic heterocycles. The first-order valence-electron chi connectivity index (χ1n) is 8.93. The molecule has 1 aliphatic carbocycles. The van der Waals surface area contributed by atoms with Crippen LogP contribution < -0.4 is 15.4 Å². The molecule has 1 unspecified atom stereocenters. The summed E-state index contributed by atoms with van der Waals surface area (Å²) in [4.78, 5) is 9.39. The van der Waals surface area contributed by atoms with Crippen molar-refractivity contribution in [1.29, 1.82) is 0 Å². The molecule has 0 amide bonds. The summed E-state index contributed by atoms with van der Waals surface area (Å²) in [6, 6.07) is 15.0. The lowest BCUT2D eigenvalue weighted by atomic mass is 9.97. The summed E-state index contributed by atoms with van der Waals surface area (Å²) < 4.78 is 18.7. The first-order valence-corrected chi connectivity index (χ1v) is 8.93. The second-order valence-electron chi connectivity index (χ2n) is 6.49. The molecular formula is C21H21FN4O. The number of rotatable bonds is 5. The Hall–Kier alpha value is -3.15. The number of ether oxygens (including phenoxy) is 1. The minimum absolute atomic E-state index is 0.178. The molecule has 2 N–H and O–H groups in total. The summed E-state index contributed by atoms with van der Waals surface area (Å²) in [5.41, 5.74) is 4.13. The third-order valence-electron chi connectivity index (χ3n) is 4.90. The highest BCUT2D eigenvalue weighted by Crippen LogP contribution is 2.40. The van der Waals surface area contributed by atoms with Crippen LogP contribution in [0.3, 0.4) is 0 Å². The molecule has 2 aromatic carbocycles. The summed E-state index contributed by atoms with van der Waals surface area (Å²) in [6.07, 6.45) is 1.95. The van der Waals surface area contributed by atoms with Crippen molar-refractivity contribution < 1.29 is 9.13 Å². The second-order valence-corrected chi connectivity index (χ2v) is 6.49. The first kappa shape index (κ1) is 17.3. The van der Waals surface area contributed by atoms with Crippen LogP contribution in [0, 0.1) is 5.82 Å². The number of aromatic nitrogens is 2. The third kappa shape index (κ3) is 3.30. The maximum absolute atomic E-state index is 13.7. The van der Waals surface area contributed by atoms with E-state index in [1.807, 2.05) is 13.1 Å². The molecule has 1 aliphatic rings. The van der Waals surface area contributed by atoms with E-state index in [1.165, 1.54) is 18.7 Å². The van der Waals surface area contributed by atoms with Crippen LogP contribution in [0.2, 0.25) is 0 Å². The predicted octanol–water partition coefficient (Wildman–Crippen LogP) is 4.49. The van der Waals surface area contributed by atoms with Gasteiger partial charge in [-0.1, -0.05) is 30.3 Å². The van der Waals surface area contributed by atoms with E-state index in [2.05, 4.69) is 39.9 Å². The summed E-state index contributed by atoms with van der Waals surface area (Å²) >= 11 is 0. The van der Waals surface area contributed by atoms with Crippen molar-refractivity contribution in [3.63, 3.8) is 0 Å². The number of hydrogen-bond donors (Lipinski definition) is 2. The van der Waals surface area contributed by atoms with Gasteiger partial charge in [0, 0.05) is 30.3 Å². The molecule has 6 heteroatoms. The number of fused-ring (bicyclic) bond motifs is 1. The minimum atomic E-state index is -0.405. The topological polar surface area (TPSA) is 59.1 Å². The minimum Gasteiger partial charge on any atom is -0.494 e. The molecule has 0 radical (unpaired) electrons. The Kier molecular flexibility index (Phi) is 4.62. The fraction of sp³-hybridized carbons (Fsp3) is 0.238. The average Bonchev–Trinajstić information content (AvgIpc) is 3.13. The molecule has 4 rings (SSSR count). The van der Waals surface area contributed by atoms with Gasteiger partial charge in [-0.2, -0.15) is 4.98 Å². The van der Waals surface area contributed by atoms with E-state index in [0.717, 1.165) is 29.9 Å². The smallest absolute Gasteiger partial charge is 0.229 e. The molecule has 0 bridgehead atoms. The van der Waals surface area contributed by atoms with Crippen molar-refractivity contribution in [3.05, 3.63) is 71.2 Å². The second kappa shape index (κ2) is 7.23. The Morgan fingerprint density at radius 2 is 1.93 bits per heavy atom. The number of nitrogens with one attached hydrogen (secondary N) is 2. The van der Waals surface area contributed by atoms with E-state index in [0.29, 0.717) is 11.6 Å². The third-order valence-corrected chi connectivity index (χ3v) is 4.90. The van der Waals surface area contributed by atoms with Crippen molar-refractivity contribution in [3.8, 4) is 5.75 Å². The fourth-order valence-electron chi connectivity index (χ4n) is 3.60. The van der Waals surface area contributed by atoms with Crippen LogP contribution >= 0.6 is 0 Å². The zero-order valence-corrected chi connectivity index (χ0v) is 15.3. The zero-order chi connectivity index (χ0) is 18.8. The van der Waals surface area contributed by atoms with Crippen molar-refractivity contribution in [1.82, 2.24) is 9.97 Å². The molecular weight excluding hydrogens is 343 g/mol. The van der Waals surface area contributed by atoms with Crippen LogP contribution in [0.25, 0.3) is 0 Å². The molecule has 0 aliphatic heterocycles. The van der Waals surface area contributed by atoms with Crippen molar-refractivity contribution >= 4 is 17.5 Å².